The Morgan fingerprint density at radius 3 is 2.13 bits per heavy atom. The van der Waals surface area contributed by atoms with Crippen molar-refractivity contribution in [2.75, 3.05) is 0 Å². The average molecular weight is 242 g/mol. The van der Waals surface area contributed by atoms with E-state index in [4.69, 9.17) is 21.1 Å². The SMILES string of the molecule is NC(=O)CC[C@](N)(OS(=O)(=O)O)C(=O)O. The highest BCUT2D eigenvalue weighted by Crippen LogP contribution is 2.14. The van der Waals surface area contributed by atoms with Crippen LogP contribution in [0.15, 0.2) is 0 Å². The van der Waals surface area contributed by atoms with E-state index in [0.717, 1.165) is 0 Å². The molecule has 0 aromatic carbocycles. The number of amides is 1. The van der Waals surface area contributed by atoms with E-state index in [-0.39, 0.29) is 0 Å². The summed E-state index contributed by atoms with van der Waals surface area (Å²) in [7, 11) is -5.03. The van der Waals surface area contributed by atoms with Crippen LogP contribution in [0.4, 0.5) is 0 Å². The van der Waals surface area contributed by atoms with Gasteiger partial charge >= 0.3 is 16.4 Å². The van der Waals surface area contributed by atoms with Gasteiger partial charge in [-0.1, -0.05) is 0 Å². The van der Waals surface area contributed by atoms with Gasteiger partial charge in [0, 0.05) is 12.8 Å². The second-order valence-electron chi connectivity index (χ2n) is 2.67. The molecular weight excluding hydrogens is 232 g/mol. The first-order chi connectivity index (χ1) is 6.57. The lowest BCUT2D eigenvalue weighted by atomic mass is 10.1. The predicted octanol–water partition coefficient (Wildman–Crippen LogP) is -2.19. The molecule has 0 unspecified atom stereocenters. The molecule has 0 aliphatic carbocycles. The molecule has 0 heterocycles. The van der Waals surface area contributed by atoms with Crippen molar-refractivity contribution in [1.29, 1.82) is 0 Å². The zero-order chi connectivity index (χ0) is 12.3. The molecule has 0 bridgehead atoms. The number of rotatable bonds is 6. The smallest absolute Gasteiger partial charge is 0.399 e. The molecule has 0 fully saturated rings. The topological polar surface area (TPSA) is 170 Å². The van der Waals surface area contributed by atoms with Gasteiger partial charge < -0.3 is 10.8 Å². The Morgan fingerprint density at radius 1 is 1.40 bits per heavy atom. The largest absolute Gasteiger partial charge is 0.478 e. The van der Waals surface area contributed by atoms with Crippen LogP contribution in [-0.2, 0) is 24.2 Å². The lowest BCUT2D eigenvalue weighted by Crippen LogP contribution is -2.52. The number of carbonyl (C=O) groups is 2. The summed E-state index contributed by atoms with van der Waals surface area (Å²) < 4.78 is 32.5. The fourth-order valence-electron chi connectivity index (χ4n) is 0.681. The summed E-state index contributed by atoms with van der Waals surface area (Å²) in [4.78, 5) is 20.9. The molecule has 0 aromatic rings. The fraction of sp³-hybridized carbons (Fsp3) is 0.600. The summed E-state index contributed by atoms with van der Waals surface area (Å²) in [5.74, 6) is -2.73. The quantitative estimate of drug-likeness (QED) is 0.300. The van der Waals surface area contributed by atoms with E-state index in [9.17, 15) is 18.0 Å². The maximum absolute atomic E-state index is 10.5. The first kappa shape index (κ1) is 13.8. The second kappa shape index (κ2) is 4.53. The number of nitrogens with two attached hydrogens (primary N) is 2. The van der Waals surface area contributed by atoms with Crippen LogP contribution in [0, 0.1) is 0 Å². The van der Waals surface area contributed by atoms with Crippen molar-refractivity contribution in [2.24, 2.45) is 11.5 Å². The molecule has 6 N–H and O–H groups in total. The first-order valence-corrected chi connectivity index (χ1v) is 4.92. The molecular formula is C5H10N2O7S. The van der Waals surface area contributed by atoms with Crippen molar-refractivity contribution in [3.05, 3.63) is 0 Å². The highest BCUT2D eigenvalue weighted by Gasteiger charge is 2.40. The van der Waals surface area contributed by atoms with E-state index in [1.165, 1.54) is 0 Å². The van der Waals surface area contributed by atoms with E-state index >= 15 is 0 Å². The number of carboxylic acids is 1. The summed E-state index contributed by atoms with van der Waals surface area (Å²) in [6.07, 6.45) is -1.18. The van der Waals surface area contributed by atoms with Crippen LogP contribution in [0.5, 0.6) is 0 Å². The number of hydrogen-bond acceptors (Lipinski definition) is 6. The Hall–Kier alpha value is -1.23. The first-order valence-electron chi connectivity index (χ1n) is 3.55. The van der Waals surface area contributed by atoms with Crippen LogP contribution in [-0.4, -0.2) is 35.7 Å². The predicted molar refractivity (Wildman–Crippen MR) is 45.6 cm³/mol. The fourth-order valence-corrected chi connectivity index (χ4v) is 1.21. The van der Waals surface area contributed by atoms with E-state index in [0.29, 0.717) is 0 Å². The molecule has 0 aliphatic heterocycles. The van der Waals surface area contributed by atoms with Crippen LogP contribution in [0.25, 0.3) is 0 Å². The van der Waals surface area contributed by atoms with Gasteiger partial charge in [0.2, 0.25) is 11.6 Å². The van der Waals surface area contributed by atoms with Gasteiger partial charge in [0.15, 0.2) is 0 Å². The highest BCUT2D eigenvalue weighted by atomic mass is 32.3. The van der Waals surface area contributed by atoms with Crippen molar-refractivity contribution in [1.82, 2.24) is 0 Å². The van der Waals surface area contributed by atoms with Gasteiger partial charge in [0.05, 0.1) is 0 Å². The normalized spacial score (nSPS) is 15.6. The summed E-state index contributed by atoms with van der Waals surface area (Å²) in [5, 5.41) is 8.53. The number of carboxylic acid groups (broad SMARTS) is 1. The summed E-state index contributed by atoms with van der Waals surface area (Å²) >= 11 is 0. The number of hydrogen-bond donors (Lipinski definition) is 4. The lowest BCUT2D eigenvalue weighted by molar-refractivity contribution is -0.156. The van der Waals surface area contributed by atoms with Gasteiger partial charge in [0.25, 0.3) is 0 Å². The maximum Gasteiger partial charge on any atom is 0.399 e. The summed E-state index contributed by atoms with van der Waals surface area (Å²) in [5.41, 5.74) is 7.01. The van der Waals surface area contributed by atoms with Crippen molar-refractivity contribution in [3.63, 3.8) is 0 Å². The van der Waals surface area contributed by atoms with Gasteiger partial charge in [-0.05, 0) is 0 Å². The van der Waals surface area contributed by atoms with Crippen molar-refractivity contribution in [3.8, 4) is 0 Å². The molecule has 0 radical (unpaired) electrons. The summed E-state index contributed by atoms with van der Waals surface area (Å²) in [6.45, 7) is 0. The molecule has 10 heteroatoms. The number of aliphatic carboxylic acids is 1. The molecule has 0 aliphatic rings. The molecule has 0 saturated carbocycles. The molecule has 9 nitrogen and oxygen atoms in total. The Labute approximate surface area is 84.9 Å². The maximum atomic E-state index is 10.5. The van der Waals surface area contributed by atoms with E-state index in [1.54, 1.807) is 0 Å². The zero-order valence-electron chi connectivity index (χ0n) is 7.41. The minimum Gasteiger partial charge on any atom is -0.478 e. The van der Waals surface area contributed by atoms with Gasteiger partial charge in [-0.3, -0.25) is 15.1 Å². The van der Waals surface area contributed by atoms with Crippen LogP contribution in [0.3, 0.4) is 0 Å². The molecule has 0 saturated heterocycles. The third-order valence-electron chi connectivity index (χ3n) is 1.36. The number of primary amides is 1. The standard InChI is InChI=1S/C5H10N2O7S/c6-3(8)1-2-5(7,4(9)10)14-15(11,12)13/h1-2,7H2,(H2,6,8)(H,9,10)(H,11,12,13)/t5-/m0/s1. The van der Waals surface area contributed by atoms with Crippen molar-refractivity contribution < 1.29 is 31.8 Å². The molecule has 0 spiro atoms. The molecule has 1 amide bonds. The van der Waals surface area contributed by atoms with Gasteiger partial charge in [0.1, 0.15) is 0 Å². The monoisotopic (exact) mass is 242 g/mol. The van der Waals surface area contributed by atoms with Gasteiger partial charge in [-0.2, -0.15) is 8.42 Å². The Morgan fingerprint density at radius 2 is 1.87 bits per heavy atom. The minimum absolute atomic E-state index is 0.502. The Balaban J connectivity index is 4.75. The van der Waals surface area contributed by atoms with E-state index < -0.39 is 40.8 Å². The second-order valence-corrected chi connectivity index (χ2v) is 3.69. The Bertz CT molecular complexity index is 364. The highest BCUT2D eigenvalue weighted by molar-refractivity contribution is 7.81. The minimum atomic E-state index is -5.03. The Kier molecular flexibility index (Phi) is 4.16. The molecule has 0 rings (SSSR count). The summed E-state index contributed by atoms with van der Waals surface area (Å²) in [6, 6.07) is 0. The van der Waals surface area contributed by atoms with E-state index in [2.05, 4.69) is 4.18 Å². The van der Waals surface area contributed by atoms with Crippen molar-refractivity contribution >= 4 is 22.3 Å². The lowest BCUT2D eigenvalue weighted by Gasteiger charge is -2.21. The van der Waals surface area contributed by atoms with E-state index in [1.807, 2.05) is 0 Å². The average Bonchev–Trinajstić information content (AvgIpc) is 1.97. The van der Waals surface area contributed by atoms with Crippen LogP contribution >= 0.6 is 0 Å². The van der Waals surface area contributed by atoms with Crippen LogP contribution < -0.4 is 11.5 Å². The van der Waals surface area contributed by atoms with Crippen LogP contribution in [0.2, 0.25) is 0 Å². The zero-order valence-corrected chi connectivity index (χ0v) is 8.23. The molecule has 15 heavy (non-hydrogen) atoms. The number of carbonyl (C=O) groups excluding carboxylic acids is 1. The molecule has 1 atom stereocenters. The van der Waals surface area contributed by atoms with Gasteiger partial charge in [-0.15, -0.1) is 0 Å². The van der Waals surface area contributed by atoms with Crippen LogP contribution in [0.1, 0.15) is 12.8 Å². The van der Waals surface area contributed by atoms with Crippen molar-refractivity contribution in [2.45, 2.75) is 18.6 Å². The molecule has 0 aromatic heterocycles. The third kappa shape index (κ3) is 5.27. The van der Waals surface area contributed by atoms with Gasteiger partial charge in [-0.25, -0.2) is 8.98 Å². The third-order valence-corrected chi connectivity index (χ3v) is 1.87. The molecule has 88 valence electrons.